The van der Waals surface area contributed by atoms with E-state index in [1.807, 2.05) is 0 Å². The predicted molar refractivity (Wildman–Crippen MR) is 52.4 cm³/mol. The highest BCUT2D eigenvalue weighted by Crippen LogP contribution is 2.25. The normalized spacial score (nSPS) is 27.7. The highest BCUT2D eigenvalue weighted by molar-refractivity contribution is 5.71. The Morgan fingerprint density at radius 1 is 1.38 bits per heavy atom. The van der Waals surface area contributed by atoms with E-state index in [9.17, 15) is 4.79 Å². The molecule has 2 nitrogen and oxygen atoms in total. The lowest BCUT2D eigenvalue weighted by Gasteiger charge is -2.12. The Bertz CT molecular complexity index is 165. The van der Waals surface area contributed by atoms with Crippen LogP contribution in [0.2, 0.25) is 0 Å². The third-order valence-corrected chi connectivity index (χ3v) is 2.75. The monoisotopic (exact) mass is 184 g/mol. The molecule has 0 radical (unpaired) electrons. The summed E-state index contributed by atoms with van der Waals surface area (Å²) in [5, 5.41) is 0. The summed E-state index contributed by atoms with van der Waals surface area (Å²) in [5.74, 6) is 0.433. The molecule has 76 valence electrons. The molecule has 0 aliphatic carbocycles. The van der Waals surface area contributed by atoms with Crippen molar-refractivity contribution in [1.29, 1.82) is 0 Å². The molecule has 1 heterocycles. The molecule has 0 N–H and O–H groups in total. The molecule has 0 aromatic heterocycles. The summed E-state index contributed by atoms with van der Waals surface area (Å²) in [6, 6.07) is 0. The highest BCUT2D eigenvalue weighted by Gasteiger charge is 2.30. The molecule has 0 spiro atoms. The summed E-state index contributed by atoms with van der Waals surface area (Å²) in [6.07, 6.45) is 6.94. The second kappa shape index (κ2) is 5.25. The number of hydrogen-bond donors (Lipinski definition) is 0. The minimum absolute atomic E-state index is 0.00649. The van der Waals surface area contributed by atoms with Crippen molar-refractivity contribution >= 4 is 5.97 Å². The molecule has 0 bridgehead atoms. The fourth-order valence-electron chi connectivity index (χ4n) is 1.84. The van der Waals surface area contributed by atoms with Crippen LogP contribution in [0.5, 0.6) is 0 Å². The molecular weight excluding hydrogens is 164 g/mol. The lowest BCUT2D eigenvalue weighted by atomic mass is 9.98. The SMILES string of the molecule is CCCCCC[C@@H]1OC(=O)C[C@@H]1C. The lowest BCUT2D eigenvalue weighted by molar-refractivity contribution is -0.141. The van der Waals surface area contributed by atoms with Crippen molar-refractivity contribution in [3.63, 3.8) is 0 Å². The first-order valence-electron chi connectivity index (χ1n) is 5.43. The first-order valence-corrected chi connectivity index (χ1v) is 5.43. The minimum atomic E-state index is -0.00649. The van der Waals surface area contributed by atoms with Crippen molar-refractivity contribution in [2.24, 2.45) is 5.92 Å². The third kappa shape index (κ3) is 3.37. The molecule has 0 aromatic carbocycles. The zero-order valence-corrected chi connectivity index (χ0v) is 8.71. The average molecular weight is 184 g/mol. The number of hydrogen-bond acceptors (Lipinski definition) is 2. The fourth-order valence-corrected chi connectivity index (χ4v) is 1.84. The molecule has 2 atom stereocenters. The Labute approximate surface area is 80.7 Å². The maximum atomic E-state index is 10.9. The topological polar surface area (TPSA) is 26.3 Å². The van der Waals surface area contributed by atoms with Crippen LogP contribution in [0, 0.1) is 5.92 Å². The van der Waals surface area contributed by atoms with Gasteiger partial charge >= 0.3 is 5.97 Å². The number of unbranched alkanes of at least 4 members (excludes halogenated alkanes) is 3. The van der Waals surface area contributed by atoms with Gasteiger partial charge in [-0.3, -0.25) is 4.79 Å². The summed E-state index contributed by atoms with van der Waals surface area (Å²) >= 11 is 0. The molecule has 0 unspecified atom stereocenters. The van der Waals surface area contributed by atoms with Gasteiger partial charge in [0, 0.05) is 5.92 Å². The zero-order valence-electron chi connectivity index (χ0n) is 8.71. The smallest absolute Gasteiger partial charge is 0.306 e. The van der Waals surface area contributed by atoms with E-state index in [-0.39, 0.29) is 12.1 Å². The van der Waals surface area contributed by atoms with Crippen molar-refractivity contribution in [1.82, 2.24) is 0 Å². The summed E-state index contributed by atoms with van der Waals surface area (Å²) in [7, 11) is 0. The van der Waals surface area contributed by atoms with Gasteiger partial charge in [-0.05, 0) is 12.8 Å². The molecule has 0 amide bonds. The van der Waals surface area contributed by atoms with Gasteiger partial charge in [0.2, 0.25) is 0 Å². The van der Waals surface area contributed by atoms with Crippen molar-refractivity contribution in [2.45, 2.75) is 58.5 Å². The van der Waals surface area contributed by atoms with Crippen LogP contribution in [0.4, 0.5) is 0 Å². The van der Waals surface area contributed by atoms with Gasteiger partial charge in [0.1, 0.15) is 6.10 Å². The van der Waals surface area contributed by atoms with Crippen LogP contribution in [-0.4, -0.2) is 12.1 Å². The standard InChI is InChI=1S/C11H20O2/c1-3-4-5-6-7-10-9(2)8-11(12)13-10/h9-10H,3-8H2,1-2H3/t9-,10-/m0/s1. The Morgan fingerprint density at radius 2 is 2.15 bits per heavy atom. The van der Waals surface area contributed by atoms with Crippen LogP contribution < -0.4 is 0 Å². The van der Waals surface area contributed by atoms with E-state index in [2.05, 4.69) is 13.8 Å². The summed E-state index contributed by atoms with van der Waals surface area (Å²) in [6.45, 7) is 4.31. The molecule has 1 fully saturated rings. The molecule has 13 heavy (non-hydrogen) atoms. The van der Waals surface area contributed by atoms with E-state index in [1.165, 1.54) is 25.7 Å². The van der Waals surface area contributed by atoms with Crippen LogP contribution in [0.1, 0.15) is 52.4 Å². The zero-order chi connectivity index (χ0) is 9.68. The van der Waals surface area contributed by atoms with Crippen molar-refractivity contribution in [3.8, 4) is 0 Å². The van der Waals surface area contributed by atoms with Gasteiger partial charge < -0.3 is 4.74 Å². The maximum Gasteiger partial charge on any atom is 0.306 e. The number of carbonyl (C=O) groups excluding carboxylic acids is 1. The van der Waals surface area contributed by atoms with Gasteiger partial charge in [-0.15, -0.1) is 0 Å². The highest BCUT2D eigenvalue weighted by atomic mass is 16.5. The van der Waals surface area contributed by atoms with Gasteiger partial charge in [0.05, 0.1) is 6.42 Å². The number of cyclic esters (lactones) is 1. The van der Waals surface area contributed by atoms with Crippen LogP contribution in [0.25, 0.3) is 0 Å². The van der Waals surface area contributed by atoms with Crippen LogP contribution in [0.15, 0.2) is 0 Å². The summed E-state index contributed by atoms with van der Waals surface area (Å²) in [4.78, 5) is 10.9. The quantitative estimate of drug-likeness (QED) is 0.485. The van der Waals surface area contributed by atoms with Gasteiger partial charge in [-0.2, -0.15) is 0 Å². The summed E-state index contributed by atoms with van der Waals surface area (Å²) in [5.41, 5.74) is 0. The van der Waals surface area contributed by atoms with E-state index in [0.717, 1.165) is 6.42 Å². The van der Waals surface area contributed by atoms with Gasteiger partial charge in [0.15, 0.2) is 0 Å². The van der Waals surface area contributed by atoms with E-state index in [4.69, 9.17) is 4.74 Å². The van der Waals surface area contributed by atoms with Crippen molar-refractivity contribution in [2.75, 3.05) is 0 Å². The summed E-state index contributed by atoms with van der Waals surface area (Å²) < 4.78 is 5.21. The van der Waals surface area contributed by atoms with Crippen LogP contribution in [0.3, 0.4) is 0 Å². The van der Waals surface area contributed by atoms with Gasteiger partial charge in [0.25, 0.3) is 0 Å². The Balaban J connectivity index is 2.11. The first kappa shape index (κ1) is 10.6. The number of esters is 1. The minimum Gasteiger partial charge on any atom is -0.462 e. The lowest BCUT2D eigenvalue weighted by Crippen LogP contribution is -2.12. The predicted octanol–water partition coefficient (Wildman–Crippen LogP) is 2.91. The average Bonchev–Trinajstić information content (AvgIpc) is 2.39. The third-order valence-electron chi connectivity index (χ3n) is 2.75. The number of rotatable bonds is 5. The Kier molecular flexibility index (Phi) is 4.26. The van der Waals surface area contributed by atoms with Crippen molar-refractivity contribution in [3.05, 3.63) is 0 Å². The van der Waals surface area contributed by atoms with Crippen LogP contribution >= 0.6 is 0 Å². The Morgan fingerprint density at radius 3 is 2.69 bits per heavy atom. The first-order chi connectivity index (χ1) is 6.24. The van der Waals surface area contributed by atoms with E-state index in [0.29, 0.717) is 12.3 Å². The molecule has 0 aromatic rings. The molecule has 0 saturated carbocycles. The molecule has 2 heteroatoms. The van der Waals surface area contributed by atoms with E-state index >= 15 is 0 Å². The maximum absolute atomic E-state index is 10.9. The van der Waals surface area contributed by atoms with E-state index in [1.54, 1.807) is 0 Å². The fraction of sp³-hybridized carbons (Fsp3) is 0.909. The second-order valence-corrected chi connectivity index (χ2v) is 4.06. The Hall–Kier alpha value is -0.530. The number of ether oxygens (including phenoxy) is 1. The van der Waals surface area contributed by atoms with Gasteiger partial charge in [-0.1, -0.05) is 33.1 Å². The second-order valence-electron chi connectivity index (χ2n) is 4.06. The molecule has 1 rings (SSSR count). The molecular formula is C11H20O2. The molecule has 1 saturated heterocycles. The van der Waals surface area contributed by atoms with Crippen molar-refractivity contribution < 1.29 is 9.53 Å². The molecule has 1 aliphatic heterocycles. The largest absolute Gasteiger partial charge is 0.462 e. The van der Waals surface area contributed by atoms with Crippen LogP contribution in [-0.2, 0) is 9.53 Å². The van der Waals surface area contributed by atoms with Gasteiger partial charge in [-0.25, -0.2) is 0 Å². The van der Waals surface area contributed by atoms with E-state index < -0.39 is 0 Å². The molecule has 1 aliphatic rings. The number of carbonyl (C=O) groups is 1.